The number of rotatable bonds is 7. The van der Waals surface area contributed by atoms with Crippen molar-refractivity contribution < 1.29 is 27.6 Å². The second kappa shape index (κ2) is 10.2. The first-order chi connectivity index (χ1) is 17.5. The van der Waals surface area contributed by atoms with Crippen LogP contribution in [0.3, 0.4) is 0 Å². The molecule has 0 saturated heterocycles. The van der Waals surface area contributed by atoms with Gasteiger partial charge in [-0.15, -0.1) is 0 Å². The van der Waals surface area contributed by atoms with E-state index in [9.17, 15) is 23.1 Å². The number of halogens is 3. The first kappa shape index (κ1) is 26.1. The third-order valence-electron chi connectivity index (χ3n) is 6.66. The molecule has 0 amide bonds. The number of hydrogen-bond acceptors (Lipinski definition) is 5. The van der Waals surface area contributed by atoms with Gasteiger partial charge < -0.3 is 9.63 Å². The van der Waals surface area contributed by atoms with Gasteiger partial charge in [-0.1, -0.05) is 59.8 Å². The van der Waals surface area contributed by atoms with Crippen LogP contribution in [0.15, 0.2) is 71.3 Å². The van der Waals surface area contributed by atoms with Crippen molar-refractivity contribution in [2.75, 3.05) is 7.05 Å². The number of likely N-dealkylation sites (N-methyl/N-ethyl adjacent to an activating group) is 1. The molecule has 2 atom stereocenters. The Balaban J connectivity index is 1.62. The molecule has 192 valence electrons. The van der Waals surface area contributed by atoms with Crippen LogP contribution in [0.25, 0.3) is 34.0 Å². The topological polar surface area (TPSA) is 79.5 Å². The number of carbonyl (C=O) groups is 1. The largest absolute Gasteiger partial charge is 0.480 e. The highest BCUT2D eigenvalue weighted by Gasteiger charge is 2.35. The number of nitrogens with zero attached hydrogens (tertiary/aromatic N) is 3. The predicted molar refractivity (Wildman–Crippen MR) is 134 cm³/mol. The smallest absolute Gasteiger partial charge is 0.417 e. The second-order valence-corrected chi connectivity index (χ2v) is 8.97. The van der Waals surface area contributed by atoms with E-state index >= 15 is 0 Å². The van der Waals surface area contributed by atoms with Crippen molar-refractivity contribution in [3.8, 4) is 34.0 Å². The number of alkyl halides is 3. The Hall–Kier alpha value is -3.98. The monoisotopic (exact) mass is 509 g/mol. The zero-order valence-electron chi connectivity index (χ0n) is 20.7. The van der Waals surface area contributed by atoms with Gasteiger partial charge in [-0.3, -0.25) is 9.69 Å². The van der Waals surface area contributed by atoms with E-state index in [1.165, 1.54) is 6.07 Å². The van der Waals surface area contributed by atoms with Gasteiger partial charge in [0.05, 0.1) is 5.56 Å². The van der Waals surface area contributed by atoms with E-state index < -0.39 is 23.8 Å². The molecular formula is C28H26F3N3O3. The molecule has 0 saturated carbocycles. The fourth-order valence-electron chi connectivity index (χ4n) is 4.14. The van der Waals surface area contributed by atoms with Gasteiger partial charge in [0.1, 0.15) is 6.04 Å². The first-order valence-corrected chi connectivity index (χ1v) is 11.6. The average molecular weight is 510 g/mol. The highest BCUT2D eigenvalue weighted by Crippen LogP contribution is 2.40. The van der Waals surface area contributed by atoms with Crippen LogP contribution in [-0.4, -0.2) is 39.2 Å². The SMILES string of the molecule is Cc1ccccc1-c1ccc(-c2nc(-c3ccc(C(C)N(C)[C@@H](C)C(=O)O)cc3)no2)cc1C(F)(F)F. The van der Waals surface area contributed by atoms with Crippen LogP contribution in [0.4, 0.5) is 13.2 Å². The Morgan fingerprint density at radius 3 is 2.24 bits per heavy atom. The summed E-state index contributed by atoms with van der Waals surface area (Å²) < 4.78 is 47.3. The third-order valence-corrected chi connectivity index (χ3v) is 6.66. The summed E-state index contributed by atoms with van der Waals surface area (Å²) in [5.41, 5.74) is 2.22. The maximum absolute atomic E-state index is 14.0. The van der Waals surface area contributed by atoms with Gasteiger partial charge in [-0.05, 0) is 62.2 Å². The summed E-state index contributed by atoms with van der Waals surface area (Å²) in [5, 5.41) is 13.2. The molecule has 1 N–H and O–H groups in total. The third kappa shape index (κ3) is 5.41. The summed E-state index contributed by atoms with van der Waals surface area (Å²) in [6.07, 6.45) is -4.58. The molecule has 0 fully saturated rings. The van der Waals surface area contributed by atoms with Gasteiger partial charge in [0.2, 0.25) is 5.82 Å². The van der Waals surface area contributed by atoms with E-state index in [2.05, 4.69) is 10.1 Å². The number of aromatic nitrogens is 2. The van der Waals surface area contributed by atoms with E-state index in [1.807, 2.05) is 19.1 Å². The zero-order chi connectivity index (χ0) is 26.9. The number of aryl methyl sites for hydroxylation is 1. The average Bonchev–Trinajstić information content (AvgIpc) is 3.37. The van der Waals surface area contributed by atoms with Gasteiger partial charge in [0, 0.05) is 17.2 Å². The maximum Gasteiger partial charge on any atom is 0.417 e. The molecule has 3 aromatic carbocycles. The summed E-state index contributed by atoms with van der Waals surface area (Å²) in [5.74, 6) is -0.701. The van der Waals surface area contributed by atoms with Crippen LogP contribution in [0.2, 0.25) is 0 Å². The van der Waals surface area contributed by atoms with Crippen molar-refractivity contribution in [2.45, 2.75) is 39.0 Å². The number of carboxylic acids is 1. The Labute approximate surface area is 212 Å². The normalized spacial score (nSPS) is 13.5. The van der Waals surface area contributed by atoms with E-state index in [0.29, 0.717) is 11.1 Å². The molecule has 1 aromatic heterocycles. The highest BCUT2D eigenvalue weighted by molar-refractivity contribution is 5.75. The molecule has 9 heteroatoms. The molecule has 0 aliphatic rings. The Bertz CT molecular complexity index is 1410. The van der Waals surface area contributed by atoms with Crippen LogP contribution in [0.1, 0.15) is 36.6 Å². The summed E-state index contributed by atoms with van der Waals surface area (Å²) in [7, 11) is 1.74. The van der Waals surface area contributed by atoms with Crippen molar-refractivity contribution in [2.24, 2.45) is 0 Å². The van der Waals surface area contributed by atoms with E-state index in [4.69, 9.17) is 4.52 Å². The van der Waals surface area contributed by atoms with Crippen LogP contribution in [-0.2, 0) is 11.0 Å². The zero-order valence-corrected chi connectivity index (χ0v) is 20.7. The Morgan fingerprint density at radius 2 is 1.62 bits per heavy atom. The molecular weight excluding hydrogens is 483 g/mol. The fraction of sp³-hybridized carbons (Fsp3) is 0.250. The molecule has 1 heterocycles. The lowest BCUT2D eigenvalue weighted by Gasteiger charge is -2.28. The Morgan fingerprint density at radius 1 is 0.973 bits per heavy atom. The van der Waals surface area contributed by atoms with E-state index in [1.54, 1.807) is 68.3 Å². The number of benzene rings is 3. The molecule has 6 nitrogen and oxygen atoms in total. The molecule has 0 aliphatic heterocycles. The second-order valence-electron chi connectivity index (χ2n) is 8.97. The number of carboxylic acid groups (broad SMARTS) is 1. The number of aliphatic carboxylic acids is 1. The van der Waals surface area contributed by atoms with Crippen LogP contribution in [0.5, 0.6) is 0 Å². The van der Waals surface area contributed by atoms with E-state index in [0.717, 1.165) is 17.2 Å². The molecule has 0 spiro atoms. The lowest BCUT2D eigenvalue weighted by molar-refractivity contribution is -0.143. The molecule has 1 unspecified atom stereocenters. The van der Waals surface area contributed by atoms with Gasteiger partial charge >= 0.3 is 12.1 Å². The molecule has 4 aromatic rings. The lowest BCUT2D eigenvalue weighted by atomic mass is 9.94. The molecule has 4 rings (SSSR count). The predicted octanol–water partition coefficient (Wildman–Crippen LogP) is 6.86. The van der Waals surface area contributed by atoms with Crippen molar-refractivity contribution in [1.29, 1.82) is 0 Å². The summed E-state index contributed by atoms with van der Waals surface area (Å²) in [6, 6.07) is 17.3. The summed E-state index contributed by atoms with van der Waals surface area (Å²) >= 11 is 0. The fourth-order valence-corrected chi connectivity index (χ4v) is 4.14. The standard InChI is InChI=1S/C28H26F3N3O3/c1-16-7-5-6-8-22(16)23-14-13-21(15-24(23)28(29,30)31)26-32-25(33-37-26)20-11-9-19(10-12-20)17(2)34(4)18(3)27(35)36/h5-15,17-18H,1-4H3,(H,35,36)/t17?,18-/m0/s1. The van der Waals surface area contributed by atoms with Crippen molar-refractivity contribution >= 4 is 5.97 Å². The molecule has 0 bridgehead atoms. The van der Waals surface area contributed by atoms with Crippen molar-refractivity contribution in [3.05, 3.63) is 83.4 Å². The minimum Gasteiger partial charge on any atom is -0.480 e. The molecule has 0 aliphatic carbocycles. The van der Waals surface area contributed by atoms with Gasteiger partial charge in [0.15, 0.2) is 0 Å². The summed E-state index contributed by atoms with van der Waals surface area (Å²) in [6.45, 7) is 5.29. The minimum absolute atomic E-state index is 0.0238. The van der Waals surface area contributed by atoms with Gasteiger partial charge in [-0.2, -0.15) is 18.2 Å². The van der Waals surface area contributed by atoms with Gasteiger partial charge in [-0.25, -0.2) is 0 Å². The quantitative estimate of drug-likeness (QED) is 0.293. The van der Waals surface area contributed by atoms with Gasteiger partial charge in [0.25, 0.3) is 5.89 Å². The molecule has 0 radical (unpaired) electrons. The minimum atomic E-state index is -4.58. The summed E-state index contributed by atoms with van der Waals surface area (Å²) in [4.78, 5) is 17.3. The van der Waals surface area contributed by atoms with Crippen molar-refractivity contribution in [3.63, 3.8) is 0 Å². The van der Waals surface area contributed by atoms with Crippen LogP contribution in [0, 0.1) is 6.92 Å². The van der Waals surface area contributed by atoms with Crippen LogP contribution >= 0.6 is 0 Å². The van der Waals surface area contributed by atoms with Crippen molar-refractivity contribution in [1.82, 2.24) is 15.0 Å². The van der Waals surface area contributed by atoms with Crippen LogP contribution < -0.4 is 0 Å². The molecule has 37 heavy (non-hydrogen) atoms. The number of hydrogen-bond donors (Lipinski definition) is 1. The highest BCUT2D eigenvalue weighted by atomic mass is 19.4. The first-order valence-electron chi connectivity index (χ1n) is 11.6. The van der Waals surface area contributed by atoms with E-state index in [-0.39, 0.29) is 28.9 Å². The Kier molecular flexibility index (Phi) is 7.18. The maximum atomic E-state index is 14.0. The lowest BCUT2D eigenvalue weighted by Crippen LogP contribution is -2.37.